The molecule has 11 nitrogen and oxygen atoms in total. The van der Waals surface area contributed by atoms with E-state index in [1.54, 1.807) is 4.90 Å². The summed E-state index contributed by atoms with van der Waals surface area (Å²) in [5.74, 6) is -3.43. The zero-order valence-electron chi connectivity index (χ0n) is 26.3. The molecule has 230 valence electrons. The molecule has 0 aromatic carbocycles. The number of carbonyl (C=O) groups excluding carboxylic acids is 6. The van der Waals surface area contributed by atoms with E-state index in [2.05, 4.69) is 29.8 Å². The van der Waals surface area contributed by atoms with Gasteiger partial charge in [0.05, 0.1) is 6.04 Å². The molecule has 11 heteroatoms. The van der Waals surface area contributed by atoms with Crippen LogP contribution in [-0.4, -0.2) is 90.4 Å². The van der Waals surface area contributed by atoms with Crippen molar-refractivity contribution in [3.05, 3.63) is 0 Å². The van der Waals surface area contributed by atoms with Crippen LogP contribution in [0.15, 0.2) is 0 Å². The van der Waals surface area contributed by atoms with Gasteiger partial charge in [0.25, 0.3) is 5.91 Å². The van der Waals surface area contributed by atoms with Crippen molar-refractivity contribution >= 4 is 35.3 Å². The number of piperidine rings is 1. The molecule has 3 rings (SSSR count). The number of nitrogens with zero attached hydrogens (tertiary/aromatic N) is 2. The number of nitrogens with one attached hydrogen (secondary N) is 3. The fourth-order valence-corrected chi connectivity index (χ4v) is 6.33. The highest BCUT2D eigenvalue weighted by molar-refractivity contribution is 6.38. The molecule has 1 saturated carbocycles. The minimum Gasteiger partial charge on any atom is -0.356 e. The van der Waals surface area contributed by atoms with E-state index in [4.69, 9.17) is 0 Å². The van der Waals surface area contributed by atoms with Crippen molar-refractivity contribution in [2.45, 2.75) is 92.8 Å². The highest BCUT2D eigenvalue weighted by Crippen LogP contribution is 2.65. The van der Waals surface area contributed by atoms with Gasteiger partial charge in [-0.05, 0) is 40.9 Å². The molecule has 3 fully saturated rings. The van der Waals surface area contributed by atoms with Crippen molar-refractivity contribution < 1.29 is 28.8 Å². The third-order valence-corrected chi connectivity index (χ3v) is 8.80. The number of likely N-dealkylation sites (N-methyl/N-ethyl adjacent to an activating group) is 1. The van der Waals surface area contributed by atoms with Crippen LogP contribution in [0.5, 0.6) is 0 Å². The summed E-state index contributed by atoms with van der Waals surface area (Å²) >= 11 is 0. The number of carbonyl (C=O) groups is 6. The van der Waals surface area contributed by atoms with Gasteiger partial charge < -0.3 is 25.8 Å². The van der Waals surface area contributed by atoms with Crippen molar-refractivity contribution in [3.63, 3.8) is 0 Å². The van der Waals surface area contributed by atoms with Crippen LogP contribution in [-0.2, 0) is 28.8 Å². The topological polar surface area (TPSA) is 145 Å². The van der Waals surface area contributed by atoms with Crippen molar-refractivity contribution in [2.75, 3.05) is 27.2 Å². The third-order valence-electron chi connectivity index (χ3n) is 8.80. The van der Waals surface area contributed by atoms with E-state index in [9.17, 15) is 28.8 Å². The average molecular weight is 576 g/mol. The molecule has 2 aliphatic heterocycles. The molecule has 2 saturated heterocycles. The number of Topliss-reactive ketones (excluding diaryl/α,β-unsaturated/α-hetero) is 1. The molecule has 0 bridgehead atoms. The summed E-state index contributed by atoms with van der Waals surface area (Å²) in [4.78, 5) is 81.7. The standard InChI is InChI=1S/C30H49N5O6/c1-28(2,3)14-19(36)33-23(29(4,5)6)27(41)35-15-17-20(30(17,7)8)21(35)25(39)32-18(22(37)26(40)34(9)10)13-16-11-12-31-24(16)38/h16-18,20-21,23H,11-15H2,1-10H3,(H,31,38)(H,32,39)(H,33,36)/t16-,17-,18-,20-,21-,23+/m0/s1. The van der Waals surface area contributed by atoms with Crippen LogP contribution in [0, 0.1) is 34.0 Å². The zero-order valence-corrected chi connectivity index (χ0v) is 26.3. The first-order valence-electron chi connectivity index (χ1n) is 14.6. The number of hydrogen-bond donors (Lipinski definition) is 3. The predicted molar refractivity (Wildman–Crippen MR) is 153 cm³/mol. The molecule has 3 aliphatic rings. The van der Waals surface area contributed by atoms with Crippen LogP contribution in [0.25, 0.3) is 0 Å². The molecule has 5 amide bonds. The number of fused-ring (bicyclic) bond motifs is 1. The molecule has 1 aliphatic carbocycles. The van der Waals surface area contributed by atoms with Gasteiger partial charge in [0, 0.05) is 39.5 Å². The molecule has 0 aromatic rings. The van der Waals surface area contributed by atoms with Crippen LogP contribution in [0.1, 0.15) is 74.7 Å². The summed E-state index contributed by atoms with van der Waals surface area (Å²) in [5.41, 5.74) is -1.07. The van der Waals surface area contributed by atoms with Crippen LogP contribution in [0.2, 0.25) is 0 Å². The summed E-state index contributed by atoms with van der Waals surface area (Å²) in [6.07, 6.45) is 0.747. The van der Waals surface area contributed by atoms with Gasteiger partial charge in [0.15, 0.2) is 0 Å². The molecule has 3 N–H and O–H groups in total. The molecular formula is C30H49N5O6. The highest BCUT2D eigenvalue weighted by Gasteiger charge is 2.70. The second-order valence-electron chi connectivity index (χ2n) is 15.1. The summed E-state index contributed by atoms with van der Waals surface area (Å²) < 4.78 is 0. The Labute approximate surface area is 243 Å². The lowest BCUT2D eigenvalue weighted by Crippen LogP contribution is -2.60. The molecule has 0 spiro atoms. The van der Waals surface area contributed by atoms with Crippen LogP contribution in [0.3, 0.4) is 0 Å². The maximum Gasteiger partial charge on any atom is 0.291 e. The van der Waals surface area contributed by atoms with E-state index in [0.29, 0.717) is 19.5 Å². The van der Waals surface area contributed by atoms with Gasteiger partial charge in [0.2, 0.25) is 29.4 Å². The van der Waals surface area contributed by atoms with Gasteiger partial charge in [-0.2, -0.15) is 0 Å². The fraction of sp³-hybridized carbons (Fsp3) is 0.800. The lowest BCUT2D eigenvalue weighted by molar-refractivity contribution is -0.148. The first-order chi connectivity index (χ1) is 18.7. The number of amides is 5. The monoisotopic (exact) mass is 575 g/mol. The molecule has 0 radical (unpaired) electrons. The summed E-state index contributed by atoms with van der Waals surface area (Å²) in [7, 11) is 2.91. The normalized spacial score (nSPS) is 26.4. The molecular weight excluding hydrogens is 526 g/mol. The Bertz CT molecular complexity index is 1100. The number of ketones is 1. The first-order valence-corrected chi connectivity index (χ1v) is 14.6. The van der Waals surface area contributed by atoms with E-state index in [0.717, 1.165) is 4.90 Å². The SMILES string of the molecule is CN(C)C(=O)C(=O)[C@H](C[C@@H]1CCNC1=O)NC(=O)[C@@H]1[C@@H]2[C@H](CN1C(=O)[C@@H](NC(=O)CC(C)(C)C)C(C)(C)C)C2(C)C. The number of likely N-dealkylation sites (tertiary alicyclic amines) is 1. The largest absolute Gasteiger partial charge is 0.356 e. The van der Waals surface area contributed by atoms with Gasteiger partial charge in [-0.15, -0.1) is 0 Å². The number of rotatable bonds is 9. The first kappa shape index (κ1) is 32.5. The Kier molecular flexibility index (Phi) is 9.02. The lowest BCUT2D eigenvalue weighted by Gasteiger charge is -2.38. The minimum absolute atomic E-state index is 0.00161. The van der Waals surface area contributed by atoms with E-state index >= 15 is 0 Å². The average Bonchev–Trinajstić information content (AvgIpc) is 3.17. The van der Waals surface area contributed by atoms with Gasteiger partial charge in [-0.3, -0.25) is 28.8 Å². The van der Waals surface area contributed by atoms with E-state index < -0.39 is 47.1 Å². The highest BCUT2D eigenvalue weighted by atomic mass is 16.2. The Morgan fingerprint density at radius 2 is 1.66 bits per heavy atom. The summed E-state index contributed by atoms with van der Waals surface area (Å²) in [5, 5.41) is 8.43. The number of hydrogen-bond acceptors (Lipinski definition) is 6. The smallest absolute Gasteiger partial charge is 0.291 e. The Morgan fingerprint density at radius 3 is 2.15 bits per heavy atom. The maximum atomic E-state index is 14.1. The third kappa shape index (κ3) is 7.09. The predicted octanol–water partition coefficient (Wildman–Crippen LogP) is 1.10. The summed E-state index contributed by atoms with van der Waals surface area (Å²) in [6.45, 7) is 16.4. The van der Waals surface area contributed by atoms with E-state index in [-0.39, 0.29) is 53.2 Å². The maximum absolute atomic E-state index is 14.1. The Balaban J connectivity index is 1.88. The molecule has 0 unspecified atom stereocenters. The fourth-order valence-electron chi connectivity index (χ4n) is 6.33. The van der Waals surface area contributed by atoms with Gasteiger partial charge in [-0.25, -0.2) is 0 Å². The molecule has 6 atom stereocenters. The van der Waals surface area contributed by atoms with Gasteiger partial charge in [0.1, 0.15) is 12.1 Å². The molecule has 0 aromatic heterocycles. The second-order valence-corrected chi connectivity index (χ2v) is 15.1. The van der Waals surface area contributed by atoms with Crippen LogP contribution < -0.4 is 16.0 Å². The molecule has 41 heavy (non-hydrogen) atoms. The minimum atomic E-state index is -1.20. The van der Waals surface area contributed by atoms with Crippen molar-refractivity contribution in [1.82, 2.24) is 25.8 Å². The van der Waals surface area contributed by atoms with Gasteiger partial charge >= 0.3 is 0 Å². The van der Waals surface area contributed by atoms with Crippen LogP contribution >= 0.6 is 0 Å². The Morgan fingerprint density at radius 1 is 1.05 bits per heavy atom. The quantitative estimate of drug-likeness (QED) is 0.351. The lowest BCUT2D eigenvalue weighted by atomic mass is 9.84. The van der Waals surface area contributed by atoms with Crippen molar-refractivity contribution in [2.24, 2.45) is 34.0 Å². The Hall–Kier alpha value is -2.98. The van der Waals surface area contributed by atoms with E-state index in [1.165, 1.54) is 14.1 Å². The second kappa shape index (κ2) is 11.4. The van der Waals surface area contributed by atoms with E-state index in [1.807, 2.05) is 41.5 Å². The van der Waals surface area contributed by atoms with Gasteiger partial charge in [-0.1, -0.05) is 55.4 Å². The summed E-state index contributed by atoms with van der Waals surface area (Å²) in [6, 6.07) is -2.92. The van der Waals surface area contributed by atoms with Crippen molar-refractivity contribution in [3.8, 4) is 0 Å². The van der Waals surface area contributed by atoms with Crippen molar-refractivity contribution in [1.29, 1.82) is 0 Å². The van der Waals surface area contributed by atoms with Crippen LogP contribution in [0.4, 0.5) is 0 Å². The molecule has 2 heterocycles. The zero-order chi connectivity index (χ0) is 31.2.